The number of nitrogens with zero attached hydrogens (tertiary/aromatic N) is 4. The molecule has 1 amide bonds. The van der Waals surface area contributed by atoms with Gasteiger partial charge in [-0.15, -0.1) is 0 Å². The molecule has 0 aliphatic carbocycles. The van der Waals surface area contributed by atoms with Crippen LogP contribution in [0.5, 0.6) is 0 Å². The SMILES string of the molecule is CN(C)c1ccc(N)cc1C(=O)Nc1nnns1. The van der Waals surface area contributed by atoms with E-state index in [1.54, 1.807) is 18.2 Å². The minimum Gasteiger partial charge on any atom is -0.399 e. The van der Waals surface area contributed by atoms with E-state index >= 15 is 0 Å². The van der Waals surface area contributed by atoms with Gasteiger partial charge in [0.15, 0.2) is 0 Å². The van der Waals surface area contributed by atoms with Crippen LogP contribution in [0.15, 0.2) is 18.2 Å². The van der Waals surface area contributed by atoms with Crippen LogP contribution in [-0.4, -0.2) is 34.8 Å². The fraction of sp³-hybridized carbons (Fsp3) is 0.200. The van der Waals surface area contributed by atoms with Crippen molar-refractivity contribution in [2.45, 2.75) is 0 Å². The van der Waals surface area contributed by atoms with E-state index in [2.05, 4.69) is 20.1 Å². The number of benzene rings is 1. The van der Waals surface area contributed by atoms with Crippen molar-refractivity contribution < 1.29 is 4.79 Å². The van der Waals surface area contributed by atoms with Crippen LogP contribution >= 0.6 is 11.5 Å². The number of rotatable bonds is 3. The number of nitrogen functional groups attached to an aromatic ring is 1. The van der Waals surface area contributed by atoms with Crippen LogP contribution < -0.4 is 16.0 Å². The molecule has 0 atom stereocenters. The number of hydrogen-bond acceptors (Lipinski definition) is 7. The lowest BCUT2D eigenvalue weighted by Gasteiger charge is -2.17. The van der Waals surface area contributed by atoms with Gasteiger partial charge in [0.2, 0.25) is 5.13 Å². The summed E-state index contributed by atoms with van der Waals surface area (Å²) in [5, 5.41) is 10.0. The highest BCUT2D eigenvalue weighted by atomic mass is 32.1. The van der Waals surface area contributed by atoms with Gasteiger partial charge in [0.25, 0.3) is 5.91 Å². The highest BCUT2D eigenvalue weighted by molar-refractivity contribution is 7.09. The molecule has 18 heavy (non-hydrogen) atoms. The molecule has 0 saturated heterocycles. The highest BCUT2D eigenvalue weighted by Gasteiger charge is 2.14. The number of amides is 1. The molecule has 8 heteroatoms. The van der Waals surface area contributed by atoms with E-state index in [-0.39, 0.29) is 5.91 Å². The molecule has 0 unspecified atom stereocenters. The largest absolute Gasteiger partial charge is 0.399 e. The van der Waals surface area contributed by atoms with E-state index < -0.39 is 0 Å². The molecular formula is C10H12N6OS. The van der Waals surface area contributed by atoms with Crippen molar-refractivity contribution in [1.82, 2.24) is 14.8 Å². The average Bonchev–Trinajstić information content (AvgIpc) is 2.81. The Morgan fingerprint density at radius 3 is 2.83 bits per heavy atom. The Hall–Kier alpha value is -2.22. The fourth-order valence-electron chi connectivity index (χ4n) is 1.47. The van der Waals surface area contributed by atoms with E-state index in [9.17, 15) is 4.79 Å². The van der Waals surface area contributed by atoms with Crippen molar-refractivity contribution in [3.05, 3.63) is 23.8 Å². The molecule has 94 valence electrons. The molecule has 0 aliphatic rings. The normalized spacial score (nSPS) is 10.1. The Labute approximate surface area is 108 Å². The van der Waals surface area contributed by atoms with Crippen LogP contribution in [0.2, 0.25) is 0 Å². The van der Waals surface area contributed by atoms with E-state index in [1.807, 2.05) is 19.0 Å². The molecule has 1 heterocycles. The average molecular weight is 264 g/mol. The van der Waals surface area contributed by atoms with Crippen molar-refractivity contribution in [2.24, 2.45) is 0 Å². The Kier molecular flexibility index (Phi) is 3.38. The summed E-state index contributed by atoms with van der Waals surface area (Å²) >= 11 is 1.02. The lowest BCUT2D eigenvalue weighted by atomic mass is 10.1. The zero-order chi connectivity index (χ0) is 13.1. The number of nitrogens with one attached hydrogen (secondary N) is 1. The molecule has 7 nitrogen and oxygen atoms in total. The lowest BCUT2D eigenvalue weighted by Crippen LogP contribution is -2.18. The number of carbonyl (C=O) groups excluding carboxylic acids is 1. The maximum atomic E-state index is 12.1. The summed E-state index contributed by atoms with van der Waals surface area (Å²) < 4.78 is 3.57. The summed E-state index contributed by atoms with van der Waals surface area (Å²) in [6, 6.07) is 5.17. The third-order valence-electron chi connectivity index (χ3n) is 2.27. The maximum Gasteiger partial charge on any atom is 0.259 e. The lowest BCUT2D eigenvalue weighted by molar-refractivity contribution is 0.102. The van der Waals surface area contributed by atoms with Gasteiger partial charge in [0.1, 0.15) is 0 Å². The topological polar surface area (TPSA) is 97.0 Å². The first-order valence-electron chi connectivity index (χ1n) is 5.11. The van der Waals surface area contributed by atoms with Gasteiger partial charge in [0, 0.05) is 37.0 Å². The minimum atomic E-state index is -0.287. The van der Waals surface area contributed by atoms with E-state index in [4.69, 9.17) is 5.73 Å². The molecule has 0 saturated carbocycles. The van der Waals surface area contributed by atoms with Crippen LogP contribution in [0.3, 0.4) is 0 Å². The van der Waals surface area contributed by atoms with Crippen LogP contribution in [0.4, 0.5) is 16.5 Å². The number of aromatic nitrogens is 3. The summed E-state index contributed by atoms with van der Waals surface area (Å²) in [7, 11) is 3.71. The van der Waals surface area contributed by atoms with Crippen molar-refractivity contribution in [2.75, 3.05) is 30.0 Å². The summed E-state index contributed by atoms with van der Waals surface area (Å²) in [5.74, 6) is -0.287. The monoisotopic (exact) mass is 264 g/mol. The quantitative estimate of drug-likeness (QED) is 0.797. The first-order valence-corrected chi connectivity index (χ1v) is 5.88. The summed E-state index contributed by atoms with van der Waals surface area (Å²) in [5.41, 5.74) is 7.49. The molecule has 3 N–H and O–H groups in total. The molecule has 2 aromatic rings. The van der Waals surface area contributed by atoms with Gasteiger partial charge in [-0.25, -0.2) is 0 Å². The van der Waals surface area contributed by atoms with Gasteiger partial charge in [0.05, 0.1) is 5.56 Å². The maximum absolute atomic E-state index is 12.1. The second kappa shape index (κ2) is 4.96. The van der Waals surface area contributed by atoms with Crippen LogP contribution in [0.1, 0.15) is 10.4 Å². The number of anilines is 3. The molecule has 1 aromatic carbocycles. The summed E-state index contributed by atoms with van der Waals surface area (Å²) in [6.45, 7) is 0. The van der Waals surface area contributed by atoms with Gasteiger partial charge in [-0.2, -0.15) is 0 Å². The first kappa shape index (κ1) is 12.2. The van der Waals surface area contributed by atoms with Gasteiger partial charge in [-0.1, -0.05) is 9.59 Å². The summed E-state index contributed by atoms with van der Waals surface area (Å²) in [4.78, 5) is 13.9. The zero-order valence-electron chi connectivity index (χ0n) is 9.91. The second-order valence-electron chi connectivity index (χ2n) is 3.79. The van der Waals surface area contributed by atoms with Crippen molar-refractivity contribution in [1.29, 1.82) is 0 Å². The molecule has 0 radical (unpaired) electrons. The van der Waals surface area contributed by atoms with Crippen LogP contribution in [-0.2, 0) is 0 Å². The molecule has 0 aliphatic heterocycles. The van der Waals surface area contributed by atoms with Crippen LogP contribution in [0, 0.1) is 0 Å². The van der Waals surface area contributed by atoms with Crippen LogP contribution in [0.25, 0.3) is 0 Å². The third kappa shape index (κ3) is 2.54. The van der Waals surface area contributed by atoms with E-state index in [0.717, 1.165) is 17.2 Å². The Bertz CT molecular complexity index is 554. The van der Waals surface area contributed by atoms with E-state index in [1.165, 1.54) is 0 Å². The number of nitrogens with two attached hydrogens (primary N) is 1. The molecule has 0 fully saturated rings. The second-order valence-corrected chi connectivity index (χ2v) is 4.53. The van der Waals surface area contributed by atoms with Gasteiger partial charge < -0.3 is 10.6 Å². The smallest absolute Gasteiger partial charge is 0.259 e. The number of carbonyl (C=O) groups is 1. The predicted molar refractivity (Wildman–Crippen MR) is 70.8 cm³/mol. The zero-order valence-corrected chi connectivity index (χ0v) is 10.7. The van der Waals surface area contributed by atoms with Crippen molar-refractivity contribution in [3.63, 3.8) is 0 Å². The van der Waals surface area contributed by atoms with Crippen molar-refractivity contribution >= 4 is 33.9 Å². The van der Waals surface area contributed by atoms with Crippen molar-refractivity contribution in [3.8, 4) is 0 Å². The standard InChI is InChI=1S/C10H12N6OS/c1-16(2)8-4-3-6(11)5-7(8)9(17)12-10-13-14-15-18-10/h3-5H,11H2,1-2H3,(H,12,13,15,17). The van der Waals surface area contributed by atoms with Gasteiger partial charge in [-0.05, 0) is 23.4 Å². The highest BCUT2D eigenvalue weighted by Crippen LogP contribution is 2.22. The fourth-order valence-corrected chi connectivity index (χ4v) is 1.83. The summed E-state index contributed by atoms with van der Waals surface area (Å²) in [6.07, 6.45) is 0. The minimum absolute atomic E-state index is 0.287. The molecule has 0 spiro atoms. The molecule has 2 rings (SSSR count). The van der Waals surface area contributed by atoms with E-state index in [0.29, 0.717) is 16.4 Å². The molecule has 0 bridgehead atoms. The predicted octanol–water partition coefficient (Wildman–Crippen LogP) is 0.834. The Morgan fingerprint density at radius 2 is 2.22 bits per heavy atom. The number of hydrogen-bond donors (Lipinski definition) is 2. The molecular weight excluding hydrogens is 252 g/mol. The third-order valence-corrected chi connectivity index (χ3v) is 2.78. The van der Waals surface area contributed by atoms with Gasteiger partial charge >= 0.3 is 0 Å². The Morgan fingerprint density at radius 1 is 1.44 bits per heavy atom. The van der Waals surface area contributed by atoms with Gasteiger partial charge in [-0.3, -0.25) is 10.1 Å². The molecule has 1 aromatic heterocycles. The Balaban J connectivity index is 2.31. The first-order chi connectivity index (χ1) is 8.58.